The summed E-state index contributed by atoms with van der Waals surface area (Å²) in [6, 6.07) is 14.3. The fourth-order valence-electron chi connectivity index (χ4n) is 3.45. The van der Waals surface area contributed by atoms with Crippen molar-refractivity contribution in [2.45, 2.75) is 51.5 Å². The second kappa shape index (κ2) is 7.85. The van der Waals surface area contributed by atoms with Gasteiger partial charge in [0.15, 0.2) is 0 Å². The van der Waals surface area contributed by atoms with Crippen molar-refractivity contribution in [1.29, 1.82) is 0 Å². The summed E-state index contributed by atoms with van der Waals surface area (Å²) in [5.74, 6) is 0.0210. The largest absolute Gasteiger partial charge is 0.349 e. The topological polar surface area (TPSA) is 29.1 Å². The summed E-state index contributed by atoms with van der Waals surface area (Å²) >= 11 is 6.16. The number of amides is 1. The minimum atomic E-state index is 0.0210. The van der Waals surface area contributed by atoms with Crippen LogP contribution in [0.25, 0.3) is 0 Å². The van der Waals surface area contributed by atoms with E-state index in [1.54, 1.807) is 0 Å². The van der Waals surface area contributed by atoms with Gasteiger partial charge in [-0.2, -0.15) is 0 Å². The molecule has 1 aliphatic rings. The first-order chi connectivity index (χ1) is 11.7. The van der Waals surface area contributed by atoms with Crippen molar-refractivity contribution >= 4 is 17.5 Å². The first-order valence-electron chi connectivity index (χ1n) is 8.82. The summed E-state index contributed by atoms with van der Waals surface area (Å²) in [7, 11) is 0. The maximum atomic E-state index is 12.4. The molecule has 1 aliphatic carbocycles. The highest BCUT2D eigenvalue weighted by atomic mass is 35.5. The van der Waals surface area contributed by atoms with Gasteiger partial charge in [-0.15, -0.1) is 0 Å². The Hall–Kier alpha value is -1.80. The van der Waals surface area contributed by atoms with Gasteiger partial charge in [-0.25, -0.2) is 0 Å². The average Bonchev–Trinajstić information content (AvgIpc) is 2.61. The highest BCUT2D eigenvalue weighted by Crippen LogP contribution is 2.26. The third-order valence-electron chi connectivity index (χ3n) is 4.83. The minimum absolute atomic E-state index is 0.0210. The molecule has 1 amide bonds. The molecule has 0 bridgehead atoms. The third kappa shape index (κ3) is 3.99. The van der Waals surface area contributed by atoms with Gasteiger partial charge in [-0.3, -0.25) is 4.79 Å². The van der Waals surface area contributed by atoms with Crippen molar-refractivity contribution in [3.05, 3.63) is 69.7 Å². The molecule has 0 aliphatic heterocycles. The second-order valence-corrected chi connectivity index (χ2v) is 6.94. The van der Waals surface area contributed by atoms with Gasteiger partial charge < -0.3 is 5.32 Å². The maximum absolute atomic E-state index is 12.4. The molecule has 0 fully saturated rings. The molecule has 0 heterocycles. The maximum Gasteiger partial charge on any atom is 0.224 e. The zero-order chi connectivity index (χ0) is 16.9. The van der Waals surface area contributed by atoms with Gasteiger partial charge in [0.2, 0.25) is 5.91 Å². The fourth-order valence-corrected chi connectivity index (χ4v) is 3.65. The zero-order valence-electron chi connectivity index (χ0n) is 14.1. The summed E-state index contributed by atoms with van der Waals surface area (Å²) in [4.78, 5) is 12.4. The Morgan fingerprint density at radius 2 is 1.88 bits per heavy atom. The second-order valence-electron chi connectivity index (χ2n) is 6.53. The van der Waals surface area contributed by atoms with Crippen molar-refractivity contribution in [2.75, 3.05) is 0 Å². The monoisotopic (exact) mass is 341 g/mol. The Labute approximate surface area is 149 Å². The van der Waals surface area contributed by atoms with E-state index in [9.17, 15) is 4.79 Å². The first kappa shape index (κ1) is 17.0. The molecule has 1 N–H and O–H groups in total. The van der Waals surface area contributed by atoms with Crippen LogP contribution in [0.1, 0.15) is 54.5 Å². The predicted molar refractivity (Wildman–Crippen MR) is 99.4 cm³/mol. The van der Waals surface area contributed by atoms with Gasteiger partial charge in [0.25, 0.3) is 0 Å². The van der Waals surface area contributed by atoms with Crippen molar-refractivity contribution in [3.8, 4) is 0 Å². The summed E-state index contributed by atoms with van der Waals surface area (Å²) < 4.78 is 0. The number of carbonyl (C=O) groups excluding carboxylic acids is 1. The number of fused-ring (bicyclic) bond motifs is 1. The van der Waals surface area contributed by atoms with Crippen LogP contribution in [0.15, 0.2) is 42.5 Å². The van der Waals surface area contributed by atoms with Crippen LogP contribution in [-0.4, -0.2) is 5.91 Å². The van der Waals surface area contributed by atoms with Crippen molar-refractivity contribution < 1.29 is 4.79 Å². The number of hydrogen-bond acceptors (Lipinski definition) is 1. The molecule has 3 heteroatoms. The van der Waals surface area contributed by atoms with Gasteiger partial charge in [-0.05, 0) is 60.4 Å². The van der Waals surface area contributed by atoms with Crippen LogP contribution in [0.3, 0.4) is 0 Å². The first-order valence-corrected chi connectivity index (χ1v) is 9.19. The van der Waals surface area contributed by atoms with E-state index >= 15 is 0 Å². The number of nitrogens with one attached hydrogen (secondary N) is 1. The molecule has 2 aromatic rings. The van der Waals surface area contributed by atoms with Gasteiger partial charge in [0.1, 0.15) is 0 Å². The van der Waals surface area contributed by atoms with E-state index in [4.69, 9.17) is 11.6 Å². The number of benzene rings is 2. The molecular weight excluding hydrogens is 318 g/mol. The SMILES string of the molecule is CCC(NC(=O)Cc1ccccc1Cl)c1ccc2c(c1)CCCC2. The molecule has 0 radical (unpaired) electrons. The molecule has 0 aromatic heterocycles. The summed E-state index contributed by atoms with van der Waals surface area (Å²) in [5.41, 5.74) is 5.02. The molecule has 2 aromatic carbocycles. The lowest BCUT2D eigenvalue weighted by molar-refractivity contribution is -0.121. The quantitative estimate of drug-likeness (QED) is 0.812. The van der Waals surface area contributed by atoms with E-state index in [0.717, 1.165) is 18.4 Å². The highest BCUT2D eigenvalue weighted by molar-refractivity contribution is 6.31. The number of carbonyl (C=O) groups is 1. The van der Waals surface area contributed by atoms with E-state index in [0.29, 0.717) is 11.4 Å². The molecule has 24 heavy (non-hydrogen) atoms. The smallest absolute Gasteiger partial charge is 0.224 e. The number of aryl methyl sites for hydroxylation is 2. The Balaban J connectivity index is 1.70. The van der Waals surface area contributed by atoms with E-state index in [1.165, 1.54) is 36.0 Å². The Bertz CT molecular complexity index is 726. The molecule has 1 unspecified atom stereocenters. The third-order valence-corrected chi connectivity index (χ3v) is 5.20. The highest BCUT2D eigenvalue weighted by Gasteiger charge is 2.16. The van der Waals surface area contributed by atoms with Crippen LogP contribution in [0, 0.1) is 0 Å². The normalized spacial score (nSPS) is 14.8. The molecule has 0 saturated carbocycles. The fraction of sp³-hybridized carbons (Fsp3) is 0.381. The zero-order valence-corrected chi connectivity index (χ0v) is 14.9. The van der Waals surface area contributed by atoms with E-state index in [-0.39, 0.29) is 11.9 Å². The minimum Gasteiger partial charge on any atom is -0.349 e. The van der Waals surface area contributed by atoms with E-state index in [1.807, 2.05) is 24.3 Å². The van der Waals surface area contributed by atoms with Crippen LogP contribution >= 0.6 is 11.6 Å². The molecular formula is C21H24ClNO. The molecule has 126 valence electrons. The van der Waals surface area contributed by atoms with Crippen LogP contribution < -0.4 is 5.32 Å². The summed E-state index contributed by atoms with van der Waals surface area (Å²) in [5, 5.41) is 3.82. The Morgan fingerprint density at radius 3 is 2.62 bits per heavy atom. The average molecular weight is 342 g/mol. The lowest BCUT2D eigenvalue weighted by Gasteiger charge is -2.22. The summed E-state index contributed by atoms with van der Waals surface area (Å²) in [6.07, 6.45) is 6.11. The van der Waals surface area contributed by atoms with Gasteiger partial charge in [0.05, 0.1) is 12.5 Å². The van der Waals surface area contributed by atoms with Gasteiger partial charge >= 0.3 is 0 Å². The van der Waals surface area contributed by atoms with E-state index in [2.05, 4.69) is 30.4 Å². The van der Waals surface area contributed by atoms with Crippen molar-refractivity contribution in [2.24, 2.45) is 0 Å². The molecule has 3 rings (SSSR count). The lowest BCUT2D eigenvalue weighted by Crippen LogP contribution is -2.29. The number of hydrogen-bond donors (Lipinski definition) is 1. The molecule has 1 atom stereocenters. The van der Waals surface area contributed by atoms with Crippen LogP contribution in [0.5, 0.6) is 0 Å². The number of halogens is 1. The van der Waals surface area contributed by atoms with Gasteiger partial charge in [0, 0.05) is 5.02 Å². The lowest BCUT2D eigenvalue weighted by atomic mass is 9.88. The van der Waals surface area contributed by atoms with E-state index < -0.39 is 0 Å². The Morgan fingerprint density at radius 1 is 1.12 bits per heavy atom. The van der Waals surface area contributed by atoms with Crippen molar-refractivity contribution in [3.63, 3.8) is 0 Å². The molecule has 0 spiro atoms. The van der Waals surface area contributed by atoms with Crippen LogP contribution in [-0.2, 0) is 24.1 Å². The summed E-state index contributed by atoms with van der Waals surface area (Å²) in [6.45, 7) is 2.11. The van der Waals surface area contributed by atoms with Gasteiger partial charge in [-0.1, -0.05) is 54.9 Å². The Kier molecular flexibility index (Phi) is 5.57. The van der Waals surface area contributed by atoms with Crippen LogP contribution in [0.2, 0.25) is 5.02 Å². The van der Waals surface area contributed by atoms with Crippen LogP contribution in [0.4, 0.5) is 0 Å². The molecule has 0 saturated heterocycles. The standard InChI is InChI=1S/C21H24ClNO/c1-2-20(18-12-11-15-7-3-4-8-16(15)13-18)23-21(24)14-17-9-5-6-10-19(17)22/h5-6,9-13,20H,2-4,7-8,14H2,1H3,(H,23,24). The molecule has 2 nitrogen and oxygen atoms in total. The number of rotatable bonds is 5. The predicted octanol–water partition coefficient (Wildman–Crippen LogP) is 5.03. The van der Waals surface area contributed by atoms with Crippen molar-refractivity contribution in [1.82, 2.24) is 5.32 Å².